The van der Waals surface area contributed by atoms with E-state index in [-0.39, 0.29) is 0 Å². The van der Waals surface area contributed by atoms with Crippen molar-refractivity contribution in [1.82, 2.24) is 0 Å². The van der Waals surface area contributed by atoms with Crippen LogP contribution in [-0.4, -0.2) is 6.29 Å². The predicted octanol–water partition coefficient (Wildman–Crippen LogP) is 5.49. The van der Waals surface area contributed by atoms with Gasteiger partial charge in [0.2, 0.25) is 0 Å². The molecule has 0 aromatic heterocycles. The SMILES string of the molecule is Cc1ccc(C(C)C)cc1Oc1ccc(C=O)c(Br)c1. The zero-order valence-corrected chi connectivity index (χ0v) is 13.4. The summed E-state index contributed by atoms with van der Waals surface area (Å²) in [6.45, 7) is 6.34. The van der Waals surface area contributed by atoms with Crippen LogP contribution < -0.4 is 4.74 Å². The molecular formula is C17H17BrO2. The molecule has 0 unspecified atom stereocenters. The summed E-state index contributed by atoms with van der Waals surface area (Å²) < 4.78 is 6.67. The number of ether oxygens (including phenoxy) is 1. The second-order valence-electron chi connectivity index (χ2n) is 5.08. The Bertz CT molecular complexity index is 633. The van der Waals surface area contributed by atoms with Crippen LogP contribution in [0.1, 0.15) is 41.3 Å². The van der Waals surface area contributed by atoms with E-state index in [2.05, 4.69) is 48.0 Å². The molecule has 20 heavy (non-hydrogen) atoms. The van der Waals surface area contributed by atoms with Crippen molar-refractivity contribution in [1.29, 1.82) is 0 Å². The predicted molar refractivity (Wildman–Crippen MR) is 84.9 cm³/mol. The summed E-state index contributed by atoms with van der Waals surface area (Å²) in [4.78, 5) is 10.8. The van der Waals surface area contributed by atoms with E-state index in [9.17, 15) is 4.79 Å². The van der Waals surface area contributed by atoms with Crippen LogP contribution in [-0.2, 0) is 0 Å². The number of carbonyl (C=O) groups is 1. The molecule has 2 aromatic carbocycles. The van der Waals surface area contributed by atoms with Crippen molar-refractivity contribution in [3.8, 4) is 11.5 Å². The minimum atomic E-state index is 0.460. The van der Waals surface area contributed by atoms with Crippen LogP contribution in [0.4, 0.5) is 0 Å². The van der Waals surface area contributed by atoms with Gasteiger partial charge in [-0.2, -0.15) is 0 Å². The third-order valence-corrected chi connectivity index (χ3v) is 3.89. The lowest BCUT2D eigenvalue weighted by atomic mass is 10.0. The molecule has 0 spiro atoms. The van der Waals surface area contributed by atoms with Crippen molar-refractivity contribution in [3.63, 3.8) is 0 Å². The fourth-order valence-electron chi connectivity index (χ4n) is 1.88. The summed E-state index contributed by atoms with van der Waals surface area (Å²) >= 11 is 3.37. The first-order valence-electron chi connectivity index (χ1n) is 6.54. The smallest absolute Gasteiger partial charge is 0.151 e. The monoisotopic (exact) mass is 332 g/mol. The van der Waals surface area contributed by atoms with E-state index in [0.717, 1.165) is 22.1 Å². The lowest BCUT2D eigenvalue weighted by Crippen LogP contribution is -1.93. The minimum Gasteiger partial charge on any atom is -0.457 e. The van der Waals surface area contributed by atoms with Gasteiger partial charge in [0.05, 0.1) is 0 Å². The largest absolute Gasteiger partial charge is 0.457 e. The summed E-state index contributed by atoms with van der Waals surface area (Å²) in [6.07, 6.45) is 0.818. The Morgan fingerprint density at radius 3 is 2.50 bits per heavy atom. The Labute approximate surface area is 127 Å². The van der Waals surface area contributed by atoms with Crippen LogP contribution in [0.15, 0.2) is 40.9 Å². The van der Waals surface area contributed by atoms with Crippen LogP contribution in [0.5, 0.6) is 11.5 Å². The van der Waals surface area contributed by atoms with Crippen LogP contribution in [0.3, 0.4) is 0 Å². The fourth-order valence-corrected chi connectivity index (χ4v) is 2.33. The van der Waals surface area contributed by atoms with E-state index < -0.39 is 0 Å². The lowest BCUT2D eigenvalue weighted by Gasteiger charge is -2.13. The Morgan fingerprint density at radius 2 is 1.90 bits per heavy atom. The molecule has 0 saturated heterocycles. The molecule has 0 atom stereocenters. The van der Waals surface area contributed by atoms with Crippen LogP contribution in [0.25, 0.3) is 0 Å². The molecule has 2 nitrogen and oxygen atoms in total. The van der Waals surface area contributed by atoms with Gasteiger partial charge in [0, 0.05) is 10.0 Å². The molecular weight excluding hydrogens is 316 g/mol. The van der Waals surface area contributed by atoms with E-state index >= 15 is 0 Å². The molecule has 0 bridgehead atoms. The second kappa shape index (κ2) is 6.23. The highest BCUT2D eigenvalue weighted by Crippen LogP contribution is 2.30. The Balaban J connectivity index is 2.31. The van der Waals surface area contributed by atoms with Crippen molar-refractivity contribution in [2.24, 2.45) is 0 Å². The number of carbonyl (C=O) groups excluding carboxylic acids is 1. The van der Waals surface area contributed by atoms with Crippen LogP contribution in [0.2, 0.25) is 0 Å². The third kappa shape index (κ3) is 3.28. The van der Waals surface area contributed by atoms with E-state index in [0.29, 0.717) is 17.2 Å². The summed E-state index contributed by atoms with van der Waals surface area (Å²) in [5.74, 6) is 2.02. The summed E-state index contributed by atoms with van der Waals surface area (Å²) in [6, 6.07) is 11.6. The molecule has 2 rings (SSSR count). The Hall–Kier alpha value is -1.61. The zero-order chi connectivity index (χ0) is 14.7. The van der Waals surface area contributed by atoms with Gasteiger partial charge in [0.1, 0.15) is 11.5 Å². The second-order valence-corrected chi connectivity index (χ2v) is 5.94. The molecule has 0 radical (unpaired) electrons. The van der Waals surface area contributed by atoms with Gasteiger partial charge in [-0.15, -0.1) is 0 Å². The van der Waals surface area contributed by atoms with E-state index in [1.54, 1.807) is 12.1 Å². The van der Waals surface area contributed by atoms with Crippen molar-refractivity contribution in [2.45, 2.75) is 26.7 Å². The first-order chi connectivity index (χ1) is 9.51. The van der Waals surface area contributed by atoms with Gasteiger partial charge >= 0.3 is 0 Å². The molecule has 0 aliphatic carbocycles. The Morgan fingerprint density at radius 1 is 1.15 bits per heavy atom. The first-order valence-corrected chi connectivity index (χ1v) is 7.33. The molecule has 0 N–H and O–H groups in total. The minimum absolute atomic E-state index is 0.460. The highest BCUT2D eigenvalue weighted by molar-refractivity contribution is 9.10. The highest BCUT2D eigenvalue weighted by Gasteiger charge is 2.07. The average Bonchev–Trinajstić information content (AvgIpc) is 2.41. The molecule has 0 fully saturated rings. The standard InChI is InChI=1S/C17H17BrO2/c1-11(2)13-5-4-12(3)17(8-13)20-15-7-6-14(10-19)16(18)9-15/h4-11H,1-3H3. The molecule has 0 aliphatic heterocycles. The molecule has 0 saturated carbocycles. The van der Waals surface area contributed by atoms with Crippen LogP contribution >= 0.6 is 15.9 Å². The van der Waals surface area contributed by atoms with E-state index in [1.165, 1.54) is 5.56 Å². The molecule has 2 aromatic rings. The number of aldehydes is 1. The van der Waals surface area contributed by atoms with Crippen molar-refractivity contribution in [2.75, 3.05) is 0 Å². The third-order valence-electron chi connectivity index (χ3n) is 3.21. The number of benzene rings is 2. The number of hydrogen-bond acceptors (Lipinski definition) is 2. The van der Waals surface area contributed by atoms with Crippen molar-refractivity contribution in [3.05, 3.63) is 57.6 Å². The highest BCUT2D eigenvalue weighted by atomic mass is 79.9. The topological polar surface area (TPSA) is 26.3 Å². The van der Waals surface area contributed by atoms with Crippen LogP contribution in [0, 0.1) is 6.92 Å². The summed E-state index contributed by atoms with van der Waals surface area (Å²) in [5, 5.41) is 0. The molecule has 104 valence electrons. The quantitative estimate of drug-likeness (QED) is 0.692. The van der Waals surface area contributed by atoms with E-state index in [1.807, 2.05) is 13.0 Å². The molecule has 0 aliphatic rings. The van der Waals surface area contributed by atoms with Gasteiger partial charge in [-0.1, -0.05) is 26.0 Å². The number of aryl methyl sites for hydroxylation is 1. The zero-order valence-electron chi connectivity index (χ0n) is 11.8. The molecule has 3 heteroatoms. The maximum atomic E-state index is 10.8. The van der Waals surface area contributed by atoms with Crippen molar-refractivity contribution >= 4 is 22.2 Å². The first kappa shape index (κ1) is 14.8. The van der Waals surface area contributed by atoms with Gasteiger partial charge in [-0.3, -0.25) is 4.79 Å². The van der Waals surface area contributed by atoms with Gasteiger partial charge in [-0.05, 0) is 64.2 Å². The fraction of sp³-hybridized carbons (Fsp3) is 0.235. The number of rotatable bonds is 4. The number of halogens is 1. The maximum Gasteiger partial charge on any atom is 0.151 e. The maximum absolute atomic E-state index is 10.8. The molecule has 0 heterocycles. The van der Waals surface area contributed by atoms with Gasteiger partial charge in [-0.25, -0.2) is 0 Å². The van der Waals surface area contributed by atoms with E-state index in [4.69, 9.17) is 4.74 Å². The van der Waals surface area contributed by atoms with Gasteiger partial charge < -0.3 is 4.74 Å². The molecule has 0 amide bonds. The Kier molecular flexibility index (Phi) is 4.61. The average molecular weight is 333 g/mol. The normalized spacial score (nSPS) is 10.7. The van der Waals surface area contributed by atoms with Gasteiger partial charge in [0.15, 0.2) is 6.29 Å². The lowest BCUT2D eigenvalue weighted by molar-refractivity contribution is 0.112. The summed E-state index contributed by atoms with van der Waals surface area (Å²) in [5.41, 5.74) is 2.95. The van der Waals surface area contributed by atoms with Crippen molar-refractivity contribution < 1.29 is 9.53 Å². The van der Waals surface area contributed by atoms with Gasteiger partial charge in [0.25, 0.3) is 0 Å². The summed E-state index contributed by atoms with van der Waals surface area (Å²) in [7, 11) is 0. The number of hydrogen-bond donors (Lipinski definition) is 0.